The number of carboxylic acids is 1. The van der Waals surface area contributed by atoms with Gasteiger partial charge in [-0.15, -0.1) is 6.07 Å². The van der Waals surface area contributed by atoms with Crippen LogP contribution in [0.5, 0.6) is 5.75 Å². The molecule has 5 rings (SSSR count). The van der Waals surface area contributed by atoms with Crippen molar-refractivity contribution in [2.24, 2.45) is 0 Å². The van der Waals surface area contributed by atoms with Crippen molar-refractivity contribution >= 4 is 46.2 Å². The van der Waals surface area contributed by atoms with Crippen LogP contribution < -0.4 is 39.6 Å². The topological polar surface area (TPSA) is 88.1 Å². The number of amides is 1. The van der Waals surface area contributed by atoms with E-state index in [4.69, 9.17) is 19.5 Å². The normalized spacial score (nSPS) is 15.3. The molecule has 1 atom stereocenters. The van der Waals surface area contributed by atoms with Gasteiger partial charge in [-0.25, -0.2) is 0 Å². The summed E-state index contributed by atoms with van der Waals surface area (Å²) in [5.41, 5.74) is 2.25. The van der Waals surface area contributed by atoms with E-state index >= 15 is 0 Å². The predicted octanol–water partition coefficient (Wildman–Crippen LogP) is 3.19. The van der Waals surface area contributed by atoms with Gasteiger partial charge in [-0.2, -0.15) is 29.3 Å². The van der Waals surface area contributed by atoms with Crippen molar-refractivity contribution in [1.82, 2.24) is 5.06 Å². The number of fused-ring (bicyclic) bond motifs is 1. The molecule has 1 amide bonds. The van der Waals surface area contributed by atoms with Gasteiger partial charge >= 0.3 is 29.6 Å². The molecule has 0 bridgehead atoms. The van der Waals surface area contributed by atoms with Crippen LogP contribution in [-0.2, 0) is 21.0 Å². The smallest absolute Gasteiger partial charge is 0.496 e. The van der Waals surface area contributed by atoms with Crippen molar-refractivity contribution in [3.8, 4) is 5.75 Å². The van der Waals surface area contributed by atoms with E-state index in [-0.39, 0.29) is 42.1 Å². The number of hydrogen-bond donors (Lipinski definition) is 2. The predicted molar refractivity (Wildman–Crippen MR) is 150 cm³/mol. The summed E-state index contributed by atoms with van der Waals surface area (Å²) in [6.07, 6.45) is 1.91. The molecule has 194 valence electrons. The van der Waals surface area contributed by atoms with Crippen LogP contribution in [0.15, 0.2) is 95.9 Å². The Morgan fingerprint density at radius 1 is 1.08 bits per heavy atom. The number of thioether (sulfide) groups is 1. The molecule has 0 aromatic heterocycles. The summed E-state index contributed by atoms with van der Waals surface area (Å²) >= 11 is 1.42. The minimum atomic E-state index is -0.833. The number of hydrogen-bond acceptors (Lipinski definition) is 6. The molecule has 1 aliphatic heterocycles. The van der Waals surface area contributed by atoms with Crippen LogP contribution in [0.3, 0.4) is 0 Å². The second-order valence-corrected chi connectivity index (χ2v) is 9.38. The number of para-hydroxylation sites is 1. The molecule has 1 saturated heterocycles. The number of aliphatic carboxylic acids is 1. The summed E-state index contributed by atoms with van der Waals surface area (Å²) in [7, 11) is 1.62. The van der Waals surface area contributed by atoms with E-state index in [9.17, 15) is 4.79 Å². The molecule has 0 spiro atoms. The van der Waals surface area contributed by atoms with Gasteiger partial charge in [0.25, 0.3) is 11.9 Å². The number of methoxy groups -OCH3 is 1. The average molecular weight is 551 g/mol. The maximum Gasteiger partial charge on any atom is 1.00 e. The summed E-state index contributed by atoms with van der Waals surface area (Å²) in [5, 5.41) is 14.5. The Kier molecular flexibility index (Phi) is 11.5. The number of hydroxylamine groups is 2. The monoisotopic (exact) mass is 550 g/mol. The first-order chi connectivity index (χ1) is 18.4. The molecule has 39 heavy (non-hydrogen) atoms. The number of ether oxygens (including phenoxy) is 1. The number of carbonyl (C=O) groups is 2. The molecular weight excluding hydrogens is 523 g/mol. The summed E-state index contributed by atoms with van der Waals surface area (Å²) < 4.78 is 5.43. The molecule has 0 aliphatic carbocycles. The second-order valence-electron chi connectivity index (χ2n) is 8.26. The van der Waals surface area contributed by atoms with E-state index in [1.54, 1.807) is 7.11 Å². The zero-order chi connectivity index (χ0) is 26.9. The Bertz CT molecular complexity index is 1440. The molecule has 1 unspecified atom stereocenters. The van der Waals surface area contributed by atoms with Crippen LogP contribution in [0.1, 0.15) is 18.1 Å². The standard InChI is InChI=1S/C28H23N2O3S.C2H4O2.Na/c1-32-25-14-8-7-11-23(25)19-33-30-27(31)26(34-28(30)29-24-12-3-2-4-13-24)18-20-15-16-21-9-5-6-10-22(21)17-20;1-2(3)4;/h2-3,5-18,28-29H,19H2,1H3;1H3,(H,3,4);/q-1;;+1. The second kappa shape index (κ2) is 14.8. The first-order valence-corrected chi connectivity index (χ1v) is 12.7. The molecule has 1 aliphatic rings. The molecule has 2 N–H and O–H groups in total. The molecule has 1 heterocycles. The third-order valence-corrected chi connectivity index (χ3v) is 6.56. The van der Waals surface area contributed by atoms with Crippen LogP contribution >= 0.6 is 11.8 Å². The SMILES string of the molecule is CC(=O)O.COc1ccccc1CON1C(=O)C(=Cc2ccc3ccccc3c2)SC1Nc1c[c-]ccc1.[Na+]. The van der Waals surface area contributed by atoms with E-state index < -0.39 is 11.5 Å². The van der Waals surface area contributed by atoms with Gasteiger partial charge in [-0.3, -0.25) is 14.4 Å². The Labute approximate surface area is 254 Å². The van der Waals surface area contributed by atoms with E-state index in [1.807, 2.05) is 72.8 Å². The van der Waals surface area contributed by atoms with Crippen molar-refractivity contribution in [3.63, 3.8) is 0 Å². The Morgan fingerprint density at radius 2 is 1.79 bits per heavy atom. The quantitative estimate of drug-likeness (QED) is 0.208. The Hall–Kier alpha value is -3.27. The number of anilines is 1. The molecule has 1 fully saturated rings. The fourth-order valence-corrected chi connectivity index (χ4v) is 4.86. The van der Waals surface area contributed by atoms with Gasteiger partial charge in [0.15, 0.2) is 5.50 Å². The third kappa shape index (κ3) is 8.36. The molecular formula is C30H27N2NaO5S. The third-order valence-electron chi connectivity index (χ3n) is 5.48. The van der Waals surface area contributed by atoms with Crippen molar-refractivity contribution in [2.45, 2.75) is 19.0 Å². The molecule has 4 aromatic rings. The van der Waals surface area contributed by atoms with Crippen LogP contribution in [0.25, 0.3) is 16.8 Å². The summed E-state index contributed by atoms with van der Waals surface area (Å²) in [6.45, 7) is 1.29. The molecule has 0 radical (unpaired) electrons. The first kappa shape index (κ1) is 30.3. The minimum absolute atomic E-state index is 0. The minimum Gasteiger partial charge on any atom is -0.496 e. The van der Waals surface area contributed by atoms with Crippen LogP contribution in [0.4, 0.5) is 5.69 Å². The van der Waals surface area contributed by atoms with E-state index in [2.05, 4.69) is 35.6 Å². The van der Waals surface area contributed by atoms with Crippen LogP contribution in [-0.4, -0.2) is 34.7 Å². The maximum absolute atomic E-state index is 13.4. The summed E-state index contributed by atoms with van der Waals surface area (Å²) in [4.78, 5) is 29.0. The van der Waals surface area contributed by atoms with Gasteiger partial charge in [0.1, 0.15) is 12.4 Å². The Morgan fingerprint density at radius 3 is 2.51 bits per heavy atom. The van der Waals surface area contributed by atoms with Crippen molar-refractivity contribution in [3.05, 3.63) is 113 Å². The van der Waals surface area contributed by atoms with Gasteiger partial charge in [-0.05, 0) is 34.5 Å². The van der Waals surface area contributed by atoms with Gasteiger partial charge in [0.2, 0.25) is 0 Å². The number of nitrogens with one attached hydrogen (secondary N) is 1. The zero-order valence-electron chi connectivity index (χ0n) is 22.0. The molecule has 9 heteroatoms. The largest absolute Gasteiger partial charge is 1.00 e. The number of carboxylic acid groups (broad SMARTS) is 1. The first-order valence-electron chi connectivity index (χ1n) is 11.8. The van der Waals surface area contributed by atoms with Crippen LogP contribution in [0, 0.1) is 6.07 Å². The number of carbonyl (C=O) groups excluding carboxylic acids is 1. The van der Waals surface area contributed by atoms with Gasteiger partial charge in [-0.1, -0.05) is 72.0 Å². The fraction of sp³-hybridized carbons (Fsp3) is 0.133. The van der Waals surface area contributed by atoms with Crippen molar-refractivity contribution in [2.75, 3.05) is 12.4 Å². The number of nitrogens with zero attached hydrogens (tertiary/aromatic N) is 1. The van der Waals surface area contributed by atoms with E-state index in [0.29, 0.717) is 4.91 Å². The van der Waals surface area contributed by atoms with E-state index in [0.717, 1.165) is 40.3 Å². The Balaban J connectivity index is 0.000000788. The summed E-state index contributed by atoms with van der Waals surface area (Å²) in [6, 6.07) is 32.5. The fourth-order valence-electron chi connectivity index (χ4n) is 3.78. The molecule has 7 nitrogen and oxygen atoms in total. The van der Waals surface area contributed by atoms with Gasteiger partial charge in [0, 0.05) is 12.5 Å². The van der Waals surface area contributed by atoms with Gasteiger partial charge < -0.3 is 15.2 Å². The molecule has 0 saturated carbocycles. The van der Waals surface area contributed by atoms with E-state index in [1.165, 1.54) is 16.8 Å². The summed E-state index contributed by atoms with van der Waals surface area (Å²) in [5.74, 6) is -0.304. The van der Waals surface area contributed by atoms with Gasteiger partial charge in [0.05, 0.1) is 12.0 Å². The number of benzene rings is 4. The molecule has 4 aromatic carbocycles. The zero-order valence-corrected chi connectivity index (χ0v) is 24.8. The average Bonchev–Trinajstić information content (AvgIpc) is 3.21. The van der Waals surface area contributed by atoms with Crippen LogP contribution in [0.2, 0.25) is 0 Å². The number of rotatable bonds is 7. The van der Waals surface area contributed by atoms with Crippen molar-refractivity contribution in [1.29, 1.82) is 0 Å². The van der Waals surface area contributed by atoms with Crippen molar-refractivity contribution < 1.29 is 53.8 Å². The maximum atomic E-state index is 13.4.